The van der Waals surface area contributed by atoms with Crippen LogP contribution in [0, 0.1) is 19.8 Å². The van der Waals surface area contributed by atoms with Crippen molar-refractivity contribution in [1.82, 2.24) is 0 Å². The van der Waals surface area contributed by atoms with Crippen molar-refractivity contribution in [2.45, 2.75) is 20.3 Å². The number of amides is 2. The van der Waals surface area contributed by atoms with Crippen LogP contribution >= 0.6 is 27.5 Å². The Morgan fingerprint density at radius 3 is 2.69 bits per heavy atom. The number of carbonyl (C=O) groups excluding carboxylic acids is 3. The predicted molar refractivity (Wildman–Crippen MR) is 115 cm³/mol. The Bertz CT molecular complexity index is 979. The van der Waals surface area contributed by atoms with Crippen molar-refractivity contribution in [2.75, 3.05) is 23.4 Å². The van der Waals surface area contributed by atoms with Crippen LogP contribution < -0.4 is 10.2 Å². The smallest absolute Gasteiger partial charge is 0.311 e. The maximum atomic E-state index is 12.4. The number of aryl methyl sites for hydroxylation is 2. The van der Waals surface area contributed by atoms with Crippen LogP contribution in [-0.4, -0.2) is 30.9 Å². The zero-order valence-corrected chi connectivity index (χ0v) is 18.3. The van der Waals surface area contributed by atoms with E-state index in [1.807, 2.05) is 38.1 Å². The predicted octanol–water partition coefficient (Wildman–Crippen LogP) is 4.25. The fourth-order valence-corrected chi connectivity index (χ4v) is 3.81. The standard InChI is InChI=1S/C21H20BrClN2O4/c1-12-5-3-4-6-18(12)25-10-14(8-20(25)27)21(28)29-11-19(26)24-17-9-16(23)15(22)7-13(17)2/h3-7,9,14H,8,10-11H2,1-2H3,(H,24,26)/t14-/m0/s1. The maximum Gasteiger partial charge on any atom is 0.311 e. The molecule has 0 bridgehead atoms. The van der Waals surface area contributed by atoms with E-state index in [4.69, 9.17) is 16.3 Å². The molecule has 1 fully saturated rings. The van der Waals surface area contributed by atoms with Gasteiger partial charge in [0.15, 0.2) is 6.61 Å². The van der Waals surface area contributed by atoms with Crippen LogP contribution in [0.15, 0.2) is 40.9 Å². The fourth-order valence-electron chi connectivity index (χ4n) is 3.19. The third-order valence-electron chi connectivity index (χ3n) is 4.75. The number of halogens is 2. The molecule has 0 unspecified atom stereocenters. The number of para-hydroxylation sites is 1. The number of nitrogens with zero attached hydrogens (tertiary/aromatic N) is 1. The van der Waals surface area contributed by atoms with Gasteiger partial charge in [-0.25, -0.2) is 0 Å². The molecule has 0 saturated carbocycles. The van der Waals surface area contributed by atoms with Gasteiger partial charge in [-0.15, -0.1) is 0 Å². The first-order valence-electron chi connectivity index (χ1n) is 9.04. The molecular weight excluding hydrogens is 460 g/mol. The number of anilines is 2. The molecule has 0 spiro atoms. The number of hydrogen-bond donors (Lipinski definition) is 1. The molecule has 0 aliphatic carbocycles. The molecule has 1 heterocycles. The molecule has 1 aliphatic rings. The summed E-state index contributed by atoms with van der Waals surface area (Å²) in [5.41, 5.74) is 3.10. The zero-order chi connectivity index (χ0) is 21.1. The van der Waals surface area contributed by atoms with Crippen LogP contribution in [0.1, 0.15) is 17.5 Å². The van der Waals surface area contributed by atoms with Crippen LogP contribution in [0.5, 0.6) is 0 Å². The molecule has 152 valence electrons. The van der Waals surface area contributed by atoms with Gasteiger partial charge in [0.2, 0.25) is 5.91 Å². The number of esters is 1. The number of carbonyl (C=O) groups is 3. The summed E-state index contributed by atoms with van der Waals surface area (Å²) in [4.78, 5) is 38.5. The van der Waals surface area contributed by atoms with Gasteiger partial charge in [0.05, 0.1) is 10.9 Å². The molecule has 0 radical (unpaired) electrons. The van der Waals surface area contributed by atoms with E-state index >= 15 is 0 Å². The lowest BCUT2D eigenvalue weighted by molar-refractivity contribution is -0.151. The minimum Gasteiger partial charge on any atom is -0.455 e. The highest BCUT2D eigenvalue weighted by Gasteiger charge is 2.36. The van der Waals surface area contributed by atoms with Gasteiger partial charge < -0.3 is 15.0 Å². The number of rotatable bonds is 5. The van der Waals surface area contributed by atoms with Crippen molar-refractivity contribution in [3.05, 3.63) is 57.0 Å². The largest absolute Gasteiger partial charge is 0.455 e. The topological polar surface area (TPSA) is 75.7 Å². The molecule has 0 aromatic heterocycles. The quantitative estimate of drug-likeness (QED) is 0.651. The van der Waals surface area contributed by atoms with Crippen LogP contribution in [0.4, 0.5) is 11.4 Å². The van der Waals surface area contributed by atoms with E-state index in [-0.39, 0.29) is 18.9 Å². The van der Waals surface area contributed by atoms with Gasteiger partial charge in [0.1, 0.15) is 0 Å². The number of ether oxygens (including phenoxy) is 1. The molecule has 2 aromatic rings. The van der Waals surface area contributed by atoms with Crippen molar-refractivity contribution < 1.29 is 19.1 Å². The molecule has 3 rings (SSSR count). The van der Waals surface area contributed by atoms with Crippen molar-refractivity contribution >= 4 is 56.7 Å². The lowest BCUT2D eigenvalue weighted by Gasteiger charge is -2.18. The molecule has 2 amide bonds. The Hall–Kier alpha value is -2.38. The second kappa shape index (κ2) is 8.97. The second-order valence-corrected chi connectivity index (χ2v) is 8.19. The third kappa shape index (κ3) is 4.97. The summed E-state index contributed by atoms with van der Waals surface area (Å²) >= 11 is 9.37. The Kier molecular flexibility index (Phi) is 6.59. The van der Waals surface area contributed by atoms with E-state index in [0.717, 1.165) is 21.3 Å². The first-order valence-corrected chi connectivity index (χ1v) is 10.2. The molecule has 1 N–H and O–H groups in total. The highest BCUT2D eigenvalue weighted by atomic mass is 79.9. The Balaban J connectivity index is 1.56. The van der Waals surface area contributed by atoms with E-state index in [0.29, 0.717) is 10.7 Å². The molecule has 6 nitrogen and oxygen atoms in total. The minimum absolute atomic E-state index is 0.0657. The summed E-state index contributed by atoms with van der Waals surface area (Å²) in [7, 11) is 0. The highest BCUT2D eigenvalue weighted by Crippen LogP contribution is 2.30. The van der Waals surface area contributed by atoms with Gasteiger partial charge in [-0.2, -0.15) is 0 Å². The average Bonchev–Trinajstić information content (AvgIpc) is 3.06. The summed E-state index contributed by atoms with van der Waals surface area (Å²) < 4.78 is 5.87. The van der Waals surface area contributed by atoms with Crippen molar-refractivity contribution in [2.24, 2.45) is 5.92 Å². The van der Waals surface area contributed by atoms with Gasteiger partial charge >= 0.3 is 5.97 Å². The van der Waals surface area contributed by atoms with E-state index in [2.05, 4.69) is 21.2 Å². The summed E-state index contributed by atoms with van der Waals surface area (Å²) in [6, 6.07) is 10.9. The number of nitrogens with one attached hydrogen (secondary N) is 1. The van der Waals surface area contributed by atoms with E-state index in [1.165, 1.54) is 0 Å². The number of benzene rings is 2. The first-order chi connectivity index (χ1) is 13.8. The molecule has 29 heavy (non-hydrogen) atoms. The fraction of sp³-hybridized carbons (Fsp3) is 0.286. The molecule has 1 saturated heterocycles. The molecule has 8 heteroatoms. The monoisotopic (exact) mass is 478 g/mol. The lowest BCUT2D eigenvalue weighted by atomic mass is 10.1. The molecule has 1 aliphatic heterocycles. The minimum atomic E-state index is -0.598. The van der Waals surface area contributed by atoms with Crippen molar-refractivity contribution in [1.29, 1.82) is 0 Å². The zero-order valence-electron chi connectivity index (χ0n) is 16.0. The van der Waals surface area contributed by atoms with Gasteiger partial charge in [-0.1, -0.05) is 29.8 Å². The second-order valence-electron chi connectivity index (χ2n) is 6.93. The van der Waals surface area contributed by atoms with Gasteiger partial charge in [-0.3, -0.25) is 14.4 Å². The first kappa shape index (κ1) is 21.3. The average molecular weight is 480 g/mol. The highest BCUT2D eigenvalue weighted by molar-refractivity contribution is 9.10. The van der Waals surface area contributed by atoms with E-state index in [1.54, 1.807) is 17.0 Å². The van der Waals surface area contributed by atoms with Crippen LogP contribution in [0.2, 0.25) is 5.02 Å². The van der Waals surface area contributed by atoms with E-state index in [9.17, 15) is 14.4 Å². The summed E-state index contributed by atoms with van der Waals surface area (Å²) in [6.45, 7) is 3.55. The molecule has 1 atom stereocenters. The van der Waals surface area contributed by atoms with Crippen LogP contribution in [0.25, 0.3) is 0 Å². The Morgan fingerprint density at radius 1 is 1.24 bits per heavy atom. The summed E-state index contributed by atoms with van der Waals surface area (Å²) in [5, 5.41) is 3.14. The van der Waals surface area contributed by atoms with Crippen LogP contribution in [0.3, 0.4) is 0 Å². The molecule has 2 aromatic carbocycles. The summed E-state index contributed by atoms with van der Waals surface area (Å²) in [5.74, 6) is -1.76. The van der Waals surface area contributed by atoms with Crippen molar-refractivity contribution in [3.8, 4) is 0 Å². The van der Waals surface area contributed by atoms with E-state index < -0.39 is 24.4 Å². The summed E-state index contributed by atoms with van der Waals surface area (Å²) in [6.07, 6.45) is 0.0657. The Morgan fingerprint density at radius 2 is 1.97 bits per heavy atom. The van der Waals surface area contributed by atoms with Gasteiger partial charge in [0, 0.05) is 28.8 Å². The third-order valence-corrected chi connectivity index (χ3v) is 5.95. The SMILES string of the molecule is Cc1cc(Br)c(Cl)cc1NC(=O)COC(=O)[C@H]1CC(=O)N(c2ccccc2C)C1. The van der Waals surface area contributed by atoms with Gasteiger partial charge in [0.25, 0.3) is 5.91 Å². The normalized spacial score (nSPS) is 16.1. The van der Waals surface area contributed by atoms with Crippen molar-refractivity contribution in [3.63, 3.8) is 0 Å². The lowest BCUT2D eigenvalue weighted by Crippen LogP contribution is -2.28. The molecular formula is C21H20BrClN2O4. The van der Waals surface area contributed by atoms with Crippen LogP contribution in [-0.2, 0) is 19.1 Å². The number of hydrogen-bond acceptors (Lipinski definition) is 4. The van der Waals surface area contributed by atoms with Gasteiger partial charge in [-0.05, 0) is 59.1 Å². The Labute approximate surface area is 182 Å². The maximum absolute atomic E-state index is 12.4.